The number of rotatable bonds is 6. The van der Waals surface area contributed by atoms with Gasteiger partial charge >= 0.3 is 0 Å². The van der Waals surface area contributed by atoms with Crippen molar-refractivity contribution in [3.63, 3.8) is 0 Å². The zero-order chi connectivity index (χ0) is 15.8. The summed E-state index contributed by atoms with van der Waals surface area (Å²) in [5.74, 6) is 0.177. The normalized spacial score (nSPS) is 9.59. The summed E-state index contributed by atoms with van der Waals surface area (Å²) in [5, 5.41) is 8.87. The number of benzene rings is 2. The Kier molecular flexibility index (Phi) is 5.27. The van der Waals surface area contributed by atoms with E-state index < -0.39 is 0 Å². The third-order valence-corrected chi connectivity index (χ3v) is 2.98. The van der Waals surface area contributed by atoms with Gasteiger partial charge in [0.1, 0.15) is 18.6 Å². The summed E-state index contributed by atoms with van der Waals surface area (Å²) >= 11 is 0. The van der Waals surface area contributed by atoms with Gasteiger partial charge in [-0.3, -0.25) is 14.5 Å². The minimum absolute atomic E-state index is 0.0454. The van der Waals surface area contributed by atoms with Crippen LogP contribution in [0.3, 0.4) is 0 Å². The molecular weight excluding hydrogens is 280 g/mol. The number of nitrogens with zero attached hydrogens (tertiary/aromatic N) is 2. The summed E-state index contributed by atoms with van der Waals surface area (Å²) in [5.41, 5.74) is 1.18. The van der Waals surface area contributed by atoms with Gasteiger partial charge in [-0.1, -0.05) is 18.2 Å². The van der Waals surface area contributed by atoms with Crippen LogP contribution in [0.1, 0.15) is 10.4 Å². The Labute approximate surface area is 128 Å². The maximum absolute atomic E-state index is 12.2. The van der Waals surface area contributed by atoms with Crippen molar-refractivity contribution in [2.24, 2.45) is 0 Å². The van der Waals surface area contributed by atoms with Crippen molar-refractivity contribution in [1.82, 2.24) is 0 Å². The van der Waals surface area contributed by atoms with E-state index in [4.69, 9.17) is 10.00 Å². The first-order valence-electron chi connectivity index (χ1n) is 6.65. The summed E-state index contributed by atoms with van der Waals surface area (Å²) in [6, 6.07) is 17.4. The van der Waals surface area contributed by atoms with E-state index >= 15 is 0 Å². The lowest BCUT2D eigenvalue weighted by molar-refractivity contribution is -0.120. The van der Waals surface area contributed by atoms with Gasteiger partial charge in [-0.15, -0.1) is 0 Å². The van der Waals surface area contributed by atoms with Crippen molar-refractivity contribution < 1.29 is 14.3 Å². The van der Waals surface area contributed by atoms with Crippen LogP contribution < -0.4 is 9.64 Å². The lowest BCUT2D eigenvalue weighted by Gasteiger charge is -2.19. The number of hydrogen-bond acceptors (Lipinski definition) is 4. The third-order valence-electron chi connectivity index (χ3n) is 2.98. The van der Waals surface area contributed by atoms with Crippen molar-refractivity contribution in [1.29, 1.82) is 5.26 Å². The molecule has 5 heteroatoms. The quantitative estimate of drug-likeness (QED) is 0.606. The molecule has 0 atom stereocenters. The predicted molar refractivity (Wildman–Crippen MR) is 81.7 cm³/mol. The molecule has 22 heavy (non-hydrogen) atoms. The van der Waals surface area contributed by atoms with Crippen LogP contribution in [0.4, 0.5) is 5.69 Å². The topological polar surface area (TPSA) is 70.4 Å². The van der Waals surface area contributed by atoms with E-state index in [2.05, 4.69) is 0 Å². The first kappa shape index (κ1) is 15.3. The number of para-hydroxylation sites is 1. The van der Waals surface area contributed by atoms with Gasteiger partial charge in [0.15, 0.2) is 6.61 Å². The van der Waals surface area contributed by atoms with Crippen LogP contribution in [-0.4, -0.2) is 25.3 Å². The molecule has 0 spiro atoms. The molecule has 2 aromatic carbocycles. The van der Waals surface area contributed by atoms with Crippen molar-refractivity contribution in [2.75, 3.05) is 18.1 Å². The van der Waals surface area contributed by atoms with Crippen molar-refractivity contribution in [3.8, 4) is 11.8 Å². The van der Waals surface area contributed by atoms with Gasteiger partial charge in [0.25, 0.3) is 5.91 Å². The molecule has 0 saturated heterocycles. The highest BCUT2D eigenvalue weighted by atomic mass is 16.5. The number of nitriles is 1. The highest BCUT2D eigenvalue weighted by Gasteiger charge is 2.15. The van der Waals surface area contributed by atoms with E-state index in [0.29, 0.717) is 17.0 Å². The Morgan fingerprint density at radius 1 is 1.14 bits per heavy atom. The number of hydrogen-bond donors (Lipinski definition) is 0. The molecule has 0 aromatic heterocycles. The minimum atomic E-state index is -0.313. The number of carbonyl (C=O) groups is 2. The maximum atomic E-state index is 12.2. The van der Waals surface area contributed by atoms with Crippen LogP contribution in [0.2, 0.25) is 0 Å². The van der Waals surface area contributed by atoms with Crippen LogP contribution in [0.15, 0.2) is 54.6 Å². The molecule has 110 valence electrons. The fourth-order valence-electron chi connectivity index (χ4n) is 1.87. The van der Waals surface area contributed by atoms with Gasteiger partial charge in [0, 0.05) is 11.3 Å². The van der Waals surface area contributed by atoms with Crippen LogP contribution in [0.5, 0.6) is 5.75 Å². The van der Waals surface area contributed by atoms with Crippen molar-refractivity contribution >= 4 is 17.9 Å². The van der Waals surface area contributed by atoms with Gasteiger partial charge in [-0.2, -0.15) is 5.26 Å². The minimum Gasteiger partial charge on any atom is -0.484 e. The molecule has 0 heterocycles. The highest BCUT2D eigenvalue weighted by molar-refractivity contribution is 5.94. The Hall–Kier alpha value is -3.13. The van der Waals surface area contributed by atoms with Gasteiger partial charge < -0.3 is 4.74 Å². The standard InChI is InChI=1S/C17H14N2O3/c18-10-11-19(15-4-2-1-3-5-15)17(21)13-22-16-8-6-14(12-20)7-9-16/h1-9,12H,11,13H2. The van der Waals surface area contributed by atoms with E-state index in [0.717, 1.165) is 6.29 Å². The fourth-order valence-corrected chi connectivity index (χ4v) is 1.87. The first-order chi connectivity index (χ1) is 10.7. The van der Waals surface area contributed by atoms with E-state index in [9.17, 15) is 9.59 Å². The Morgan fingerprint density at radius 2 is 1.82 bits per heavy atom. The summed E-state index contributed by atoms with van der Waals surface area (Å²) in [6.07, 6.45) is 0.735. The Bertz CT molecular complexity index is 675. The average Bonchev–Trinajstić information content (AvgIpc) is 2.58. The summed E-state index contributed by atoms with van der Waals surface area (Å²) in [4.78, 5) is 24.2. The number of aldehydes is 1. The van der Waals surface area contributed by atoms with E-state index in [1.165, 1.54) is 4.90 Å². The predicted octanol–water partition coefficient (Wildman–Crippen LogP) is 2.43. The summed E-state index contributed by atoms with van der Waals surface area (Å²) in [6.45, 7) is -0.229. The highest BCUT2D eigenvalue weighted by Crippen LogP contribution is 2.15. The van der Waals surface area contributed by atoms with Crippen molar-refractivity contribution in [2.45, 2.75) is 0 Å². The van der Waals surface area contributed by atoms with Crippen LogP contribution in [-0.2, 0) is 4.79 Å². The van der Waals surface area contributed by atoms with Gasteiger partial charge in [0.05, 0.1) is 6.07 Å². The van der Waals surface area contributed by atoms with Crippen LogP contribution in [0, 0.1) is 11.3 Å². The van der Waals surface area contributed by atoms with E-state index in [1.54, 1.807) is 48.5 Å². The molecule has 0 aliphatic rings. The van der Waals surface area contributed by atoms with Gasteiger partial charge in [-0.05, 0) is 36.4 Å². The summed E-state index contributed by atoms with van der Waals surface area (Å²) < 4.78 is 5.40. The molecule has 0 radical (unpaired) electrons. The summed E-state index contributed by atoms with van der Waals surface area (Å²) in [7, 11) is 0. The molecule has 0 fully saturated rings. The zero-order valence-corrected chi connectivity index (χ0v) is 11.8. The second kappa shape index (κ2) is 7.60. The number of anilines is 1. The van der Waals surface area contributed by atoms with Gasteiger partial charge in [-0.25, -0.2) is 0 Å². The van der Waals surface area contributed by atoms with E-state index in [1.807, 2.05) is 12.1 Å². The fraction of sp³-hybridized carbons (Fsp3) is 0.118. The molecule has 0 unspecified atom stereocenters. The Balaban J connectivity index is 2.02. The van der Waals surface area contributed by atoms with Crippen molar-refractivity contribution in [3.05, 3.63) is 60.2 Å². The molecule has 0 bridgehead atoms. The molecule has 0 aliphatic heterocycles. The molecule has 0 aliphatic carbocycles. The molecule has 2 rings (SSSR count). The second-order valence-electron chi connectivity index (χ2n) is 4.45. The van der Waals surface area contributed by atoms with Crippen LogP contribution >= 0.6 is 0 Å². The average molecular weight is 294 g/mol. The first-order valence-corrected chi connectivity index (χ1v) is 6.65. The zero-order valence-electron chi connectivity index (χ0n) is 11.8. The number of amides is 1. The van der Waals surface area contributed by atoms with Crippen LogP contribution in [0.25, 0.3) is 0 Å². The molecule has 1 amide bonds. The Morgan fingerprint density at radius 3 is 2.41 bits per heavy atom. The van der Waals surface area contributed by atoms with E-state index in [-0.39, 0.29) is 19.1 Å². The third kappa shape index (κ3) is 3.93. The second-order valence-corrected chi connectivity index (χ2v) is 4.45. The lowest BCUT2D eigenvalue weighted by atomic mass is 10.2. The molecular formula is C17H14N2O3. The smallest absolute Gasteiger partial charge is 0.265 e. The lowest BCUT2D eigenvalue weighted by Crippen LogP contribution is -2.35. The monoisotopic (exact) mass is 294 g/mol. The molecule has 5 nitrogen and oxygen atoms in total. The number of ether oxygens (including phenoxy) is 1. The number of carbonyl (C=O) groups excluding carboxylic acids is 2. The largest absolute Gasteiger partial charge is 0.484 e. The molecule has 0 saturated carbocycles. The molecule has 2 aromatic rings. The van der Waals surface area contributed by atoms with Gasteiger partial charge in [0.2, 0.25) is 0 Å². The molecule has 0 N–H and O–H groups in total. The SMILES string of the molecule is N#CCN(C(=O)COc1ccc(C=O)cc1)c1ccccc1. The maximum Gasteiger partial charge on any atom is 0.265 e.